The van der Waals surface area contributed by atoms with Crippen molar-refractivity contribution in [1.82, 2.24) is 0 Å². The van der Waals surface area contributed by atoms with Gasteiger partial charge in [-0.05, 0) is 44.6 Å². The smallest absolute Gasteiger partial charge is 0.123 e. The van der Waals surface area contributed by atoms with E-state index in [2.05, 4.69) is 11.0 Å². The maximum atomic E-state index is 10.1. The van der Waals surface area contributed by atoms with E-state index in [0.717, 1.165) is 18.2 Å². The van der Waals surface area contributed by atoms with Gasteiger partial charge in [-0.3, -0.25) is 0 Å². The van der Waals surface area contributed by atoms with Crippen LogP contribution in [0.1, 0.15) is 57.1 Å². The summed E-state index contributed by atoms with van der Waals surface area (Å²) >= 11 is 0. The Balaban J connectivity index is 1.82. The first-order valence-electron chi connectivity index (χ1n) is 7.94. The van der Waals surface area contributed by atoms with E-state index in [1.54, 1.807) is 6.92 Å². The van der Waals surface area contributed by atoms with Gasteiger partial charge in [0, 0.05) is 29.9 Å². The zero-order valence-electron chi connectivity index (χ0n) is 12.3. The molecule has 0 bridgehead atoms. The van der Waals surface area contributed by atoms with Crippen LogP contribution in [0.5, 0.6) is 5.75 Å². The minimum Gasteiger partial charge on any atom is -0.507 e. The lowest BCUT2D eigenvalue weighted by atomic mass is 9.95. The Morgan fingerprint density at radius 3 is 2.55 bits per heavy atom. The standard InChI is InChI=1S/C17H25NO2/c1-12(19)15-9-8-14(11-17(15)20)18-10-4-7-16(18)13-5-2-3-6-13/h8-9,11-13,16,19-20H,2-7,10H2,1H3. The summed E-state index contributed by atoms with van der Waals surface area (Å²) in [5, 5.41) is 19.7. The Morgan fingerprint density at radius 1 is 1.15 bits per heavy atom. The van der Waals surface area contributed by atoms with Crippen LogP contribution in [0.15, 0.2) is 18.2 Å². The summed E-state index contributed by atoms with van der Waals surface area (Å²) in [5.74, 6) is 1.05. The predicted molar refractivity (Wildman–Crippen MR) is 81.1 cm³/mol. The van der Waals surface area contributed by atoms with Crippen molar-refractivity contribution < 1.29 is 10.2 Å². The van der Waals surface area contributed by atoms with Crippen molar-refractivity contribution in [2.24, 2.45) is 5.92 Å². The largest absolute Gasteiger partial charge is 0.507 e. The summed E-state index contributed by atoms with van der Waals surface area (Å²) in [7, 11) is 0. The molecule has 3 nitrogen and oxygen atoms in total. The molecule has 0 amide bonds. The van der Waals surface area contributed by atoms with E-state index in [0.29, 0.717) is 11.6 Å². The minimum absolute atomic E-state index is 0.217. The fraction of sp³-hybridized carbons (Fsp3) is 0.647. The Bertz CT molecular complexity index is 466. The third-order valence-electron chi connectivity index (χ3n) is 5.04. The highest BCUT2D eigenvalue weighted by Gasteiger charge is 2.33. The monoisotopic (exact) mass is 275 g/mol. The van der Waals surface area contributed by atoms with Crippen molar-refractivity contribution in [3.8, 4) is 5.75 Å². The average Bonchev–Trinajstić information content (AvgIpc) is 3.09. The van der Waals surface area contributed by atoms with Crippen molar-refractivity contribution in [3.05, 3.63) is 23.8 Å². The molecule has 0 aromatic heterocycles. The van der Waals surface area contributed by atoms with Crippen molar-refractivity contribution in [2.45, 2.75) is 57.6 Å². The molecule has 0 spiro atoms. The molecule has 3 heteroatoms. The van der Waals surface area contributed by atoms with Gasteiger partial charge in [0.2, 0.25) is 0 Å². The molecule has 3 rings (SSSR count). The van der Waals surface area contributed by atoms with Crippen LogP contribution in [0.25, 0.3) is 0 Å². The van der Waals surface area contributed by atoms with Crippen LogP contribution < -0.4 is 4.90 Å². The molecule has 1 saturated carbocycles. The molecule has 2 fully saturated rings. The number of phenols is 1. The molecule has 2 N–H and O–H groups in total. The van der Waals surface area contributed by atoms with E-state index >= 15 is 0 Å². The molecule has 20 heavy (non-hydrogen) atoms. The van der Waals surface area contributed by atoms with Crippen LogP contribution >= 0.6 is 0 Å². The molecule has 110 valence electrons. The van der Waals surface area contributed by atoms with Crippen LogP contribution in [-0.4, -0.2) is 22.8 Å². The zero-order valence-corrected chi connectivity index (χ0v) is 12.3. The highest BCUT2D eigenvalue weighted by molar-refractivity contribution is 5.55. The lowest BCUT2D eigenvalue weighted by molar-refractivity contribution is 0.195. The van der Waals surface area contributed by atoms with E-state index in [4.69, 9.17) is 0 Å². The van der Waals surface area contributed by atoms with Crippen molar-refractivity contribution >= 4 is 5.69 Å². The molecule has 1 aromatic rings. The molecule has 2 aliphatic rings. The highest BCUT2D eigenvalue weighted by atomic mass is 16.3. The van der Waals surface area contributed by atoms with Crippen molar-refractivity contribution in [1.29, 1.82) is 0 Å². The van der Waals surface area contributed by atoms with E-state index in [1.165, 1.54) is 38.5 Å². The third-order valence-corrected chi connectivity index (χ3v) is 5.04. The van der Waals surface area contributed by atoms with E-state index in [9.17, 15) is 10.2 Å². The van der Waals surface area contributed by atoms with Gasteiger partial charge in [0.1, 0.15) is 5.75 Å². The zero-order chi connectivity index (χ0) is 14.1. The maximum absolute atomic E-state index is 10.1. The Morgan fingerprint density at radius 2 is 1.90 bits per heavy atom. The number of benzene rings is 1. The Hall–Kier alpha value is -1.22. The highest BCUT2D eigenvalue weighted by Crippen LogP contribution is 2.39. The molecular formula is C17H25NO2. The third kappa shape index (κ3) is 2.51. The molecule has 1 saturated heterocycles. The topological polar surface area (TPSA) is 43.7 Å². The minimum atomic E-state index is -0.617. The van der Waals surface area contributed by atoms with Gasteiger partial charge in [-0.15, -0.1) is 0 Å². The number of hydrogen-bond acceptors (Lipinski definition) is 3. The lowest BCUT2D eigenvalue weighted by Gasteiger charge is -2.31. The second-order valence-electron chi connectivity index (χ2n) is 6.37. The first-order valence-corrected chi connectivity index (χ1v) is 7.94. The molecule has 1 aromatic carbocycles. The number of anilines is 1. The molecule has 1 heterocycles. The Labute approximate surface area is 121 Å². The van der Waals surface area contributed by atoms with Crippen molar-refractivity contribution in [2.75, 3.05) is 11.4 Å². The van der Waals surface area contributed by atoms with E-state index < -0.39 is 6.10 Å². The summed E-state index contributed by atoms with van der Waals surface area (Å²) in [6.45, 7) is 2.78. The first kappa shape index (κ1) is 13.7. The molecule has 1 aliphatic carbocycles. The van der Waals surface area contributed by atoms with Gasteiger partial charge in [0.15, 0.2) is 0 Å². The number of rotatable bonds is 3. The summed E-state index contributed by atoms with van der Waals surface area (Å²) < 4.78 is 0. The van der Waals surface area contributed by atoms with Gasteiger partial charge in [0.25, 0.3) is 0 Å². The number of aliphatic hydroxyl groups is 1. The maximum Gasteiger partial charge on any atom is 0.123 e. The fourth-order valence-corrected chi connectivity index (χ4v) is 4.01. The molecule has 1 aliphatic heterocycles. The van der Waals surface area contributed by atoms with Gasteiger partial charge in [-0.1, -0.05) is 18.9 Å². The van der Waals surface area contributed by atoms with Crippen molar-refractivity contribution in [3.63, 3.8) is 0 Å². The summed E-state index contributed by atoms with van der Waals surface area (Å²) in [5.41, 5.74) is 1.73. The van der Waals surface area contributed by atoms with Gasteiger partial charge >= 0.3 is 0 Å². The quantitative estimate of drug-likeness (QED) is 0.885. The van der Waals surface area contributed by atoms with E-state index in [1.807, 2.05) is 12.1 Å². The SMILES string of the molecule is CC(O)c1ccc(N2CCCC2C2CCCC2)cc1O. The van der Waals surface area contributed by atoms with Gasteiger partial charge < -0.3 is 15.1 Å². The normalized spacial score (nSPS) is 25.3. The number of nitrogens with zero attached hydrogens (tertiary/aromatic N) is 1. The summed E-state index contributed by atoms with van der Waals surface area (Å²) in [6, 6.07) is 6.39. The molecule has 0 radical (unpaired) electrons. The number of aliphatic hydroxyl groups excluding tert-OH is 1. The number of aromatic hydroxyl groups is 1. The Kier molecular flexibility index (Phi) is 3.88. The number of phenolic OH excluding ortho intramolecular Hbond substituents is 1. The van der Waals surface area contributed by atoms with Crippen LogP contribution in [-0.2, 0) is 0 Å². The summed E-state index contributed by atoms with van der Waals surface area (Å²) in [6.07, 6.45) is 7.39. The molecular weight excluding hydrogens is 250 g/mol. The van der Waals surface area contributed by atoms with Crippen LogP contribution in [0.3, 0.4) is 0 Å². The van der Waals surface area contributed by atoms with Gasteiger partial charge in [-0.2, -0.15) is 0 Å². The van der Waals surface area contributed by atoms with Crippen LogP contribution in [0, 0.1) is 5.92 Å². The van der Waals surface area contributed by atoms with Gasteiger partial charge in [0.05, 0.1) is 6.10 Å². The molecule has 2 atom stereocenters. The fourth-order valence-electron chi connectivity index (χ4n) is 4.01. The summed E-state index contributed by atoms with van der Waals surface area (Å²) in [4.78, 5) is 2.47. The molecule has 2 unspecified atom stereocenters. The second-order valence-corrected chi connectivity index (χ2v) is 6.37. The van der Waals surface area contributed by atoms with Crippen LogP contribution in [0.2, 0.25) is 0 Å². The average molecular weight is 275 g/mol. The van der Waals surface area contributed by atoms with Crippen LogP contribution in [0.4, 0.5) is 5.69 Å². The lowest BCUT2D eigenvalue weighted by Crippen LogP contribution is -2.34. The van der Waals surface area contributed by atoms with E-state index in [-0.39, 0.29) is 5.75 Å². The first-order chi connectivity index (χ1) is 9.66. The second kappa shape index (κ2) is 5.65. The predicted octanol–water partition coefficient (Wildman–Crippen LogP) is 3.60. The number of hydrogen-bond donors (Lipinski definition) is 2. The van der Waals surface area contributed by atoms with Gasteiger partial charge in [-0.25, -0.2) is 0 Å².